The Morgan fingerprint density at radius 1 is 1.19 bits per heavy atom. The molecule has 0 saturated carbocycles. The molecule has 0 unspecified atom stereocenters. The summed E-state index contributed by atoms with van der Waals surface area (Å²) >= 11 is 0. The lowest BCUT2D eigenvalue weighted by atomic mass is 9.96. The molecule has 1 rings (SSSR count). The van der Waals surface area contributed by atoms with E-state index in [2.05, 4.69) is 10.6 Å². The van der Waals surface area contributed by atoms with Crippen molar-refractivity contribution in [3.05, 3.63) is 29.8 Å². The van der Waals surface area contributed by atoms with E-state index in [1.165, 1.54) is 0 Å². The monoisotopic (exact) mass is 287 g/mol. The van der Waals surface area contributed by atoms with Gasteiger partial charge in [0.05, 0.1) is 11.6 Å². The minimum Gasteiger partial charge on any atom is -0.356 e. The minimum absolute atomic E-state index is 0.0185. The molecule has 0 atom stereocenters. The number of hydrogen-bond acceptors (Lipinski definition) is 3. The van der Waals surface area contributed by atoms with Gasteiger partial charge in [-0.05, 0) is 30.7 Å². The van der Waals surface area contributed by atoms with Gasteiger partial charge >= 0.3 is 0 Å². The van der Waals surface area contributed by atoms with Crippen LogP contribution in [0.5, 0.6) is 0 Å². The number of carbonyl (C=O) groups is 2. The van der Waals surface area contributed by atoms with E-state index in [4.69, 9.17) is 5.26 Å². The van der Waals surface area contributed by atoms with E-state index >= 15 is 0 Å². The van der Waals surface area contributed by atoms with Crippen LogP contribution in [0.4, 0.5) is 5.69 Å². The number of nitrogens with zero attached hydrogens (tertiary/aromatic N) is 1. The Balaban J connectivity index is 2.28. The van der Waals surface area contributed by atoms with Gasteiger partial charge in [-0.25, -0.2) is 0 Å². The molecule has 2 amide bonds. The number of benzene rings is 1. The van der Waals surface area contributed by atoms with Crippen molar-refractivity contribution in [3.63, 3.8) is 0 Å². The number of anilines is 1. The molecular weight excluding hydrogens is 266 g/mol. The number of amides is 2. The van der Waals surface area contributed by atoms with Gasteiger partial charge in [0.1, 0.15) is 0 Å². The van der Waals surface area contributed by atoms with Gasteiger partial charge in [-0.3, -0.25) is 9.59 Å². The predicted molar refractivity (Wildman–Crippen MR) is 81.5 cm³/mol. The van der Waals surface area contributed by atoms with E-state index in [1.807, 2.05) is 26.8 Å². The van der Waals surface area contributed by atoms with Gasteiger partial charge in [0.2, 0.25) is 11.8 Å². The van der Waals surface area contributed by atoms with Gasteiger partial charge in [0.15, 0.2) is 0 Å². The van der Waals surface area contributed by atoms with Crippen LogP contribution >= 0.6 is 0 Å². The van der Waals surface area contributed by atoms with Gasteiger partial charge in [-0.15, -0.1) is 0 Å². The molecule has 0 aliphatic rings. The fourth-order valence-corrected chi connectivity index (χ4v) is 1.57. The van der Waals surface area contributed by atoms with Gasteiger partial charge < -0.3 is 10.6 Å². The molecule has 0 aliphatic heterocycles. The maximum Gasteiger partial charge on any atom is 0.225 e. The highest BCUT2D eigenvalue weighted by atomic mass is 16.2. The molecule has 2 N–H and O–H groups in total. The van der Waals surface area contributed by atoms with Crippen molar-refractivity contribution < 1.29 is 9.59 Å². The van der Waals surface area contributed by atoms with Gasteiger partial charge in [0, 0.05) is 24.1 Å². The van der Waals surface area contributed by atoms with Crippen LogP contribution in [0.25, 0.3) is 0 Å². The second-order valence-corrected chi connectivity index (χ2v) is 5.85. The molecule has 5 nitrogen and oxygen atoms in total. The highest BCUT2D eigenvalue weighted by Crippen LogP contribution is 2.12. The zero-order chi connectivity index (χ0) is 15.9. The Labute approximate surface area is 125 Å². The number of hydrogen-bond donors (Lipinski definition) is 2. The van der Waals surface area contributed by atoms with E-state index in [-0.39, 0.29) is 11.8 Å². The van der Waals surface area contributed by atoms with E-state index in [0.29, 0.717) is 30.6 Å². The SMILES string of the molecule is CC(C)(C)C(=O)NCCCC(=O)Nc1ccc(C#N)cc1. The molecule has 0 bridgehead atoms. The summed E-state index contributed by atoms with van der Waals surface area (Å²) in [7, 11) is 0. The summed E-state index contributed by atoms with van der Waals surface area (Å²) in [6.07, 6.45) is 0.925. The maximum atomic E-state index is 11.7. The van der Waals surface area contributed by atoms with E-state index in [1.54, 1.807) is 24.3 Å². The van der Waals surface area contributed by atoms with Crippen LogP contribution in [0.1, 0.15) is 39.2 Å². The molecule has 21 heavy (non-hydrogen) atoms. The topological polar surface area (TPSA) is 82.0 Å². The Hall–Kier alpha value is -2.35. The lowest BCUT2D eigenvalue weighted by molar-refractivity contribution is -0.128. The molecule has 0 saturated heterocycles. The van der Waals surface area contributed by atoms with E-state index < -0.39 is 5.41 Å². The van der Waals surface area contributed by atoms with Crippen LogP contribution in [0.15, 0.2) is 24.3 Å². The highest BCUT2D eigenvalue weighted by molar-refractivity contribution is 5.90. The zero-order valence-corrected chi connectivity index (χ0v) is 12.7. The van der Waals surface area contributed by atoms with E-state index in [9.17, 15) is 9.59 Å². The number of carbonyl (C=O) groups excluding carboxylic acids is 2. The first-order valence-corrected chi connectivity index (χ1v) is 6.91. The lowest BCUT2D eigenvalue weighted by Gasteiger charge is -2.17. The standard InChI is InChI=1S/C16H21N3O2/c1-16(2,3)15(21)18-10-4-5-14(20)19-13-8-6-12(11-17)7-9-13/h6-9H,4-5,10H2,1-3H3,(H,18,21)(H,19,20). The number of nitriles is 1. The lowest BCUT2D eigenvalue weighted by Crippen LogP contribution is -2.35. The van der Waals surface area contributed by atoms with Crippen molar-refractivity contribution in [2.45, 2.75) is 33.6 Å². The van der Waals surface area contributed by atoms with Gasteiger partial charge in [-0.2, -0.15) is 5.26 Å². The highest BCUT2D eigenvalue weighted by Gasteiger charge is 2.20. The fraction of sp³-hybridized carbons (Fsp3) is 0.438. The van der Waals surface area contributed by atoms with Crippen molar-refractivity contribution in [3.8, 4) is 6.07 Å². The van der Waals surface area contributed by atoms with Gasteiger partial charge in [0.25, 0.3) is 0 Å². The number of nitrogens with one attached hydrogen (secondary N) is 2. The normalized spacial score (nSPS) is 10.6. The first kappa shape index (κ1) is 16.7. The molecule has 0 fully saturated rings. The molecule has 0 aromatic heterocycles. The molecule has 5 heteroatoms. The van der Waals surface area contributed by atoms with Crippen molar-refractivity contribution in [2.24, 2.45) is 5.41 Å². The molecule has 0 aliphatic carbocycles. The summed E-state index contributed by atoms with van der Waals surface area (Å²) in [4.78, 5) is 23.3. The molecule has 1 aromatic rings. The second kappa shape index (κ2) is 7.44. The third-order valence-corrected chi connectivity index (χ3v) is 2.85. The average Bonchev–Trinajstić information content (AvgIpc) is 2.43. The summed E-state index contributed by atoms with van der Waals surface area (Å²) < 4.78 is 0. The Morgan fingerprint density at radius 2 is 1.81 bits per heavy atom. The molecule has 0 spiro atoms. The predicted octanol–water partition coefficient (Wildman–Crippen LogP) is 2.44. The maximum absolute atomic E-state index is 11.7. The van der Waals surface area contributed by atoms with Crippen LogP contribution < -0.4 is 10.6 Å². The quantitative estimate of drug-likeness (QED) is 0.816. The van der Waals surface area contributed by atoms with Crippen molar-refractivity contribution in [2.75, 3.05) is 11.9 Å². The molecule has 1 aromatic carbocycles. The van der Waals surface area contributed by atoms with Crippen molar-refractivity contribution in [1.29, 1.82) is 5.26 Å². The third kappa shape index (κ3) is 6.09. The molecule has 112 valence electrons. The smallest absolute Gasteiger partial charge is 0.225 e. The van der Waals surface area contributed by atoms with E-state index in [0.717, 1.165) is 0 Å². The third-order valence-electron chi connectivity index (χ3n) is 2.85. The van der Waals surface area contributed by atoms with Crippen molar-refractivity contribution >= 4 is 17.5 Å². The summed E-state index contributed by atoms with van der Waals surface area (Å²) in [5, 5.41) is 14.2. The van der Waals surface area contributed by atoms with Crippen LogP contribution in [0, 0.1) is 16.7 Å². The average molecular weight is 287 g/mol. The minimum atomic E-state index is -0.412. The molecule has 0 heterocycles. The zero-order valence-electron chi connectivity index (χ0n) is 12.7. The summed E-state index contributed by atoms with van der Waals surface area (Å²) in [6, 6.07) is 8.71. The largest absolute Gasteiger partial charge is 0.356 e. The summed E-state index contributed by atoms with van der Waals surface area (Å²) in [6.45, 7) is 6.02. The van der Waals surface area contributed by atoms with Gasteiger partial charge in [-0.1, -0.05) is 20.8 Å². The fourth-order valence-electron chi connectivity index (χ4n) is 1.57. The van der Waals surface area contributed by atoms with Crippen LogP contribution in [-0.2, 0) is 9.59 Å². The van der Waals surface area contributed by atoms with Crippen LogP contribution in [0.2, 0.25) is 0 Å². The van der Waals surface area contributed by atoms with Crippen LogP contribution in [0.3, 0.4) is 0 Å². The number of rotatable bonds is 5. The molecule has 0 radical (unpaired) electrons. The van der Waals surface area contributed by atoms with Crippen molar-refractivity contribution in [1.82, 2.24) is 5.32 Å². The first-order chi connectivity index (χ1) is 9.82. The Morgan fingerprint density at radius 3 is 2.33 bits per heavy atom. The Bertz CT molecular complexity index is 536. The molecular formula is C16H21N3O2. The summed E-state index contributed by atoms with van der Waals surface area (Å²) in [5.74, 6) is -0.125. The second-order valence-electron chi connectivity index (χ2n) is 5.85. The summed E-state index contributed by atoms with van der Waals surface area (Å²) in [5.41, 5.74) is 0.806. The first-order valence-electron chi connectivity index (χ1n) is 6.91. The van der Waals surface area contributed by atoms with Crippen LogP contribution in [-0.4, -0.2) is 18.4 Å². The Kier molecular flexibility index (Phi) is 5.92.